The van der Waals surface area contributed by atoms with Crippen LogP contribution >= 0.6 is 0 Å². The summed E-state index contributed by atoms with van der Waals surface area (Å²) >= 11 is 0. The van der Waals surface area contributed by atoms with Crippen molar-refractivity contribution in [2.24, 2.45) is 0 Å². The summed E-state index contributed by atoms with van der Waals surface area (Å²) in [5.74, 6) is 1.27. The van der Waals surface area contributed by atoms with E-state index in [1.54, 1.807) is 18.6 Å². The Kier molecular flexibility index (Phi) is 6.41. The first-order valence-corrected chi connectivity index (χ1v) is 9.17. The van der Waals surface area contributed by atoms with Crippen LogP contribution in [0.4, 0.5) is 0 Å². The number of aryl methyl sites for hydroxylation is 1. The highest BCUT2D eigenvalue weighted by Crippen LogP contribution is 2.22. The number of carbonyl (C=O) groups excluding carboxylic acids is 1. The number of rotatable bonds is 7. The molecule has 138 valence electrons. The molecular formula is C20H25N3O3. The zero-order valence-electron chi connectivity index (χ0n) is 15.1. The zero-order valence-corrected chi connectivity index (χ0v) is 15.1. The smallest absolute Gasteiger partial charge is 0.258 e. The number of aromatic nitrogens is 2. The topological polar surface area (TPSA) is 73.3 Å². The van der Waals surface area contributed by atoms with Crippen LogP contribution in [0.3, 0.4) is 0 Å². The molecule has 1 aromatic heterocycles. The number of benzene rings is 1. The summed E-state index contributed by atoms with van der Waals surface area (Å²) in [4.78, 5) is 20.3. The molecule has 1 aliphatic carbocycles. The van der Waals surface area contributed by atoms with Crippen LogP contribution in [0.2, 0.25) is 0 Å². The van der Waals surface area contributed by atoms with E-state index in [9.17, 15) is 4.79 Å². The summed E-state index contributed by atoms with van der Waals surface area (Å²) in [6, 6.07) is 8.00. The highest BCUT2D eigenvalue weighted by molar-refractivity contribution is 5.77. The molecular weight excluding hydrogens is 330 g/mol. The van der Waals surface area contributed by atoms with Gasteiger partial charge < -0.3 is 14.8 Å². The lowest BCUT2D eigenvalue weighted by Gasteiger charge is -2.29. The molecule has 1 aromatic carbocycles. The molecule has 1 aliphatic rings. The molecule has 1 N–H and O–H groups in total. The number of nitrogens with one attached hydrogen (secondary N) is 1. The second-order valence-electron chi connectivity index (χ2n) is 6.45. The van der Waals surface area contributed by atoms with Crippen LogP contribution in [-0.2, 0) is 11.2 Å². The third kappa shape index (κ3) is 5.18. The monoisotopic (exact) mass is 355 g/mol. The number of ether oxygens (including phenoxy) is 2. The van der Waals surface area contributed by atoms with Crippen LogP contribution in [0.1, 0.15) is 38.2 Å². The van der Waals surface area contributed by atoms with Crippen molar-refractivity contribution in [3.8, 4) is 11.6 Å². The number of hydrogen-bond acceptors (Lipinski definition) is 5. The van der Waals surface area contributed by atoms with Crippen LogP contribution in [0.5, 0.6) is 11.6 Å². The number of carbonyl (C=O) groups is 1. The molecule has 0 unspecified atom stereocenters. The van der Waals surface area contributed by atoms with Crippen molar-refractivity contribution in [1.82, 2.24) is 15.3 Å². The molecule has 0 spiro atoms. The van der Waals surface area contributed by atoms with E-state index in [4.69, 9.17) is 9.47 Å². The van der Waals surface area contributed by atoms with E-state index in [0.717, 1.165) is 43.4 Å². The second kappa shape index (κ2) is 9.17. The van der Waals surface area contributed by atoms with Crippen LogP contribution in [0.25, 0.3) is 0 Å². The first-order chi connectivity index (χ1) is 12.7. The molecule has 0 saturated heterocycles. The lowest BCUT2D eigenvalue weighted by Crippen LogP contribution is -2.41. The maximum atomic E-state index is 12.2. The first-order valence-electron chi connectivity index (χ1n) is 9.17. The molecule has 1 fully saturated rings. The van der Waals surface area contributed by atoms with E-state index < -0.39 is 0 Å². The molecule has 0 radical (unpaired) electrons. The van der Waals surface area contributed by atoms with Crippen LogP contribution in [0.15, 0.2) is 42.9 Å². The summed E-state index contributed by atoms with van der Waals surface area (Å²) in [6.45, 7) is 2.12. The molecule has 2 aromatic rings. The predicted molar refractivity (Wildman–Crippen MR) is 98.2 cm³/mol. The third-order valence-corrected chi connectivity index (χ3v) is 4.58. The van der Waals surface area contributed by atoms with Gasteiger partial charge in [0.05, 0.1) is 6.20 Å². The van der Waals surface area contributed by atoms with Crippen molar-refractivity contribution >= 4 is 5.91 Å². The molecule has 1 amide bonds. The van der Waals surface area contributed by atoms with Crippen molar-refractivity contribution in [2.45, 2.75) is 51.2 Å². The van der Waals surface area contributed by atoms with Gasteiger partial charge in [-0.1, -0.05) is 25.1 Å². The maximum Gasteiger partial charge on any atom is 0.258 e. The van der Waals surface area contributed by atoms with Gasteiger partial charge in [-0.2, -0.15) is 0 Å². The van der Waals surface area contributed by atoms with Gasteiger partial charge in [-0.15, -0.1) is 0 Å². The fraction of sp³-hybridized carbons (Fsp3) is 0.450. The van der Waals surface area contributed by atoms with Crippen molar-refractivity contribution in [2.75, 3.05) is 6.61 Å². The third-order valence-electron chi connectivity index (χ3n) is 4.58. The van der Waals surface area contributed by atoms with E-state index in [-0.39, 0.29) is 24.7 Å². The van der Waals surface area contributed by atoms with E-state index in [1.165, 1.54) is 0 Å². The predicted octanol–water partition coefficient (Wildman–Crippen LogP) is 2.92. The Morgan fingerprint density at radius 3 is 2.73 bits per heavy atom. The molecule has 6 heteroatoms. The molecule has 0 atom stereocenters. The summed E-state index contributed by atoms with van der Waals surface area (Å²) < 4.78 is 11.5. The second-order valence-corrected chi connectivity index (χ2v) is 6.45. The van der Waals surface area contributed by atoms with Gasteiger partial charge in [0, 0.05) is 18.4 Å². The minimum Gasteiger partial charge on any atom is -0.483 e. The summed E-state index contributed by atoms with van der Waals surface area (Å²) in [7, 11) is 0. The average molecular weight is 355 g/mol. The van der Waals surface area contributed by atoms with Crippen LogP contribution in [0, 0.1) is 0 Å². The standard InChI is InChI=1S/C20H25N3O3/c1-2-15-5-3-4-6-18(15)25-14-19(24)23-16-7-9-17(10-8-16)26-20-13-21-11-12-22-20/h3-6,11-13,16-17H,2,7-10,14H2,1H3,(H,23,24). The van der Waals surface area contributed by atoms with Gasteiger partial charge in [0.1, 0.15) is 11.9 Å². The molecule has 0 bridgehead atoms. The van der Waals surface area contributed by atoms with E-state index in [1.807, 2.05) is 24.3 Å². The minimum atomic E-state index is -0.0748. The van der Waals surface area contributed by atoms with Crippen molar-refractivity contribution in [3.63, 3.8) is 0 Å². The number of amides is 1. The lowest BCUT2D eigenvalue weighted by molar-refractivity contribution is -0.124. The highest BCUT2D eigenvalue weighted by atomic mass is 16.5. The van der Waals surface area contributed by atoms with E-state index >= 15 is 0 Å². The van der Waals surface area contributed by atoms with Crippen molar-refractivity contribution in [1.29, 1.82) is 0 Å². The largest absolute Gasteiger partial charge is 0.483 e. The zero-order chi connectivity index (χ0) is 18.2. The van der Waals surface area contributed by atoms with Gasteiger partial charge in [-0.25, -0.2) is 4.98 Å². The maximum absolute atomic E-state index is 12.2. The number of nitrogens with zero attached hydrogens (tertiary/aromatic N) is 2. The van der Waals surface area contributed by atoms with Gasteiger partial charge in [-0.05, 0) is 43.7 Å². The Hall–Kier alpha value is -2.63. The van der Waals surface area contributed by atoms with Crippen LogP contribution < -0.4 is 14.8 Å². The fourth-order valence-electron chi connectivity index (χ4n) is 3.19. The Labute approximate surface area is 154 Å². The first kappa shape index (κ1) is 18.2. The highest BCUT2D eigenvalue weighted by Gasteiger charge is 2.24. The lowest BCUT2D eigenvalue weighted by atomic mass is 9.93. The minimum absolute atomic E-state index is 0.0487. The number of para-hydroxylation sites is 1. The number of hydrogen-bond donors (Lipinski definition) is 1. The Balaban J connectivity index is 1.39. The summed E-state index contributed by atoms with van der Waals surface area (Å²) in [5.41, 5.74) is 1.11. The Morgan fingerprint density at radius 2 is 2.00 bits per heavy atom. The average Bonchev–Trinajstić information content (AvgIpc) is 2.69. The van der Waals surface area contributed by atoms with Crippen molar-refractivity contribution < 1.29 is 14.3 Å². The molecule has 6 nitrogen and oxygen atoms in total. The van der Waals surface area contributed by atoms with Gasteiger partial charge in [0.15, 0.2) is 6.61 Å². The van der Waals surface area contributed by atoms with Gasteiger partial charge in [0.25, 0.3) is 5.91 Å². The summed E-state index contributed by atoms with van der Waals surface area (Å²) in [5, 5.41) is 3.06. The quantitative estimate of drug-likeness (QED) is 0.827. The Morgan fingerprint density at radius 1 is 1.19 bits per heavy atom. The Bertz CT molecular complexity index is 700. The molecule has 3 rings (SSSR count). The van der Waals surface area contributed by atoms with Crippen molar-refractivity contribution in [3.05, 3.63) is 48.4 Å². The molecule has 1 heterocycles. The fourth-order valence-corrected chi connectivity index (χ4v) is 3.19. The van der Waals surface area contributed by atoms with Gasteiger partial charge in [-0.3, -0.25) is 9.78 Å². The molecule has 0 aliphatic heterocycles. The normalized spacial score (nSPS) is 19.6. The SMILES string of the molecule is CCc1ccccc1OCC(=O)NC1CCC(Oc2cnccn2)CC1. The van der Waals surface area contributed by atoms with E-state index in [0.29, 0.717) is 5.88 Å². The molecule has 26 heavy (non-hydrogen) atoms. The molecule has 1 saturated carbocycles. The summed E-state index contributed by atoms with van der Waals surface area (Å²) in [6.07, 6.45) is 9.45. The van der Waals surface area contributed by atoms with Gasteiger partial charge >= 0.3 is 0 Å². The van der Waals surface area contributed by atoms with Crippen LogP contribution in [-0.4, -0.2) is 34.6 Å². The van der Waals surface area contributed by atoms with E-state index in [2.05, 4.69) is 22.2 Å². The van der Waals surface area contributed by atoms with Gasteiger partial charge in [0.2, 0.25) is 5.88 Å².